The Morgan fingerprint density at radius 2 is 1.91 bits per heavy atom. The van der Waals surface area contributed by atoms with Crippen molar-refractivity contribution >= 4 is 27.3 Å². The van der Waals surface area contributed by atoms with Gasteiger partial charge in [0.05, 0.1) is 11.1 Å². The number of hydrogen-bond acceptors (Lipinski definition) is 6. The average Bonchev–Trinajstić information content (AvgIpc) is 3.43. The Kier molecular flexibility index (Phi) is 6.45. The van der Waals surface area contributed by atoms with Gasteiger partial charge in [-0.1, -0.05) is 37.3 Å². The van der Waals surface area contributed by atoms with E-state index in [1.165, 1.54) is 15.6 Å². The Hall–Kier alpha value is -2.56. The molecule has 0 saturated carbocycles. The zero-order valence-electron chi connectivity index (χ0n) is 18.4. The minimum absolute atomic E-state index is 0.0719. The first-order valence-corrected chi connectivity index (χ1v) is 12.9. The molecule has 170 valence electrons. The van der Waals surface area contributed by atoms with Crippen molar-refractivity contribution in [3.05, 3.63) is 54.2 Å². The van der Waals surface area contributed by atoms with Crippen LogP contribution in [0.4, 0.5) is 0 Å². The van der Waals surface area contributed by atoms with E-state index in [1.807, 2.05) is 31.3 Å². The quantitative estimate of drug-likeness (QED) is 0.549. The van der Waals surface area contributed by atoms with Gasteiger partial charge in [0.15, 0.2) is 0 Å². The lowest BCUT2D eigenvalue weighted by molar-refractivity contribution is 0.0642. The molecule has 1 aliphatic rings. The van der Waals surface area contributed by atoms with E-state index < -0.39 is 10.0 Å². The second-order valence-corrected chi connectivity index (χ2v) is 11.6. The van der Waals surface area contributed by atoms with Crippen molar-refractivity contribution in [3.63, 3.8) is 0 Å². The van der Waals surface area contributed by atoms with E-state index >= 15 is 0 Å². The van der Waals surface area contributed by atoms with Gasteiger partial charge in [0.2, 0.25) is 0 Å². The lowest BCUT2D eigenvalue weighted by Gasteiger charge is -2.38. The highest BCUT2D eigenvalue weighted by atomic mass is 32.2. The van der Waals surface area contributed by atoms with Crippen molar-refractivity contribution in [1.29, 1.82) is 0 Å². The Morgan fingerprint density at radius 1 is 1.16 bits per heavy atom. The van der Waals surface area contributed by atoms with Crippen LogP contribution in [0.15, 0.2) is 52.9 Å². The Balaban J connectivity index is 1.47. The summed E-state index contributed by atoms with van der Waals surface area (Å²) >= 11 is 1.20. The summed E-state index contributed by atoms with van der Waals surface area (Å²) in [5, 5.41) is 8.32. The number of carbonyl (C=O) groups is 1. The molecule has 0 aliphatic carbocycles. The molecule has 10 heteroatoms. The fourth-order valence-corrected chi connectivity index (χ4v) is 6.83. The van der Waals surface area contributed by atoms with Crippen LogP contribution in [-0.2, 0) is 16.6 Å². The van der Waals surface area contributed by atoms with E-state index in [1.54, 1.807) is 33.8 Å². The molecule has 0 N–H and O–H groups in total. The van der Waals surface area contributed by atoms with Crippen LogP contribution in [0.3, 0.4) is 0 Å². The van der Waals surface area contributed by atoms with Crippen LogP contribution in [-0.4, -0.2) is 64.2 Å². The number of aromatic nitrogens is 3. The first-order valence-electron chi connectivity index (χ1n) is 10.6. The smallest absolute Gasteiger partial charge is 0.253 e. The van der Waals surface area contributed by atoms with Crippen LogP contribution in [0.25, 0.3) is 10.6 Å². The number of thiophene rings is 1. The molecule has 3 heterocycles. The highest BCUT2D eigenvalue weighted by Gasteiger charge is 2.36. The maximum absolute atomic E-state index is 13.3. The molecule has 1 aromatic carbocycles. The normalized spacial score (nSPS) is 17.8. The molecule has 1 saturated heterocycles. The number of amides is 1. The third-order valence-electron chi connectivity index (χ3n) is 5.36. The van der Waals surface area contributed by atoms with Crippen molar-refractivity contribution in [3.8, 4) is 10.6 Å². The van der Waals surface area contributed by atoms with Gasteiger partial charge in [0.1, 0.15) is 9.90 Å². The molecule has 1 fully saturated rings. The Bertz CT molecular complexity index is 1190. The van der Waals surface area contributed by atoms with Crippen LogP contribution in [0, 0.1) is 5.92 Å². The summed E-state index contributed by atoms with van der Waals surface area (Å²) in [6.07, 6.45) is 1.85. The zero-order valence-corrected chi connectivity index (χ0v) is 20.0. The molecule has 32 heavy (non-hydrogen) atoms. The standard InChI is InChI=1S/C22H27N5O3S2/c1-16(2)13-26-15-19(23-24-26)20-9-10-21(31-20)32(29,30)27-12-11-25(14-17(27)3)22(28)18-7-5-4-6-8-18/h4-10,15-17H,11-14H2,1-3H3/t17-/m1/s1. The molecule has 1 aliphatic heterocycles. The first kappa shape index (κ1) is 22.6. The number of hydrogen-bond donors (Lipinski definition) is 0. The van der Waals surface area contributed by atoms with E-state index in [4.69, 9.17) is 0 Å². The van der Waals surface area contributed by atoms with Crippen molar-refractivity contribution < 1.29 is 13.2 Å². The van der Waals surface area contributed by atoms with Crippen molar-refractivity contribution in [2.45, 2.75) is 37.6 Å². The highest BCUT2D eigenvalue weighted by molar-refractivity contribution is 7.91. The molecule has 8 nitrogen and oxygen atoms in total. The van der Waals surface area contributed by atoms with Crippen LogP contribution in [0.2, 0.25) is 0 Å². The van der Waals surface area contributed by atoms with Crippen LogP contribution >= 0.6 is 11.3 Å². The van der Waals surface area contributed by atoms with Gasteiger partial charge >= 0.3 is 0 Å². The summed E-state index contributed by atoms with van der Waals surface area (Å²) in [5.74, 6) is 0.371. The number of rotatable bonds is 6. The van der Waals surface area contributed by atoms with Gasteiger partial charge in [0, 0.05) is 37.8 Å². The minimum atomic E-state index is -3.67. The maximum Gasteiger partial charge on any atom is 0.253 e. The largest absolute Gasteiger partial charge is 0.336 e. The molecule has 0 spiro atoms. The Morgan fingerprint density at radius 3 is 2.59 bits per heavy atom. The predicted molar refractivity (Wildman–Crippen MR) is 124 cm³/mol. The third-order valence-corrected chi connectivity index (χ3v) is 8.95. The van der Waals surface area contributed by atoms with Crippen molar-refractivity contribution in [2.75, 3.05) is 19.6 Å². The zero-order chi connectivity index (χ0) is 22.9. The van der Waals surface area contributed by atoms with Gasteiger partial charge in [-0.3, -0.25) is 9.48 Å². The SMILES string of the molecule is CC(C)Cn1cc(-c2ccc(S(=O)(=O)N3CCN(C(=O)c4ccccc4)C[C@H]3C)s2)nn1. The molecule has 3 aromatic rings. The van der Waals surface area contributed by atoms with Gasteiger partial charge in [-0.15, -0.1) is 16.4 Å². The molecule has 0 bridgehead atoms. The van der Waals surface area contributed by atoms with E-state index in [0.29, 0.717) is 30.3 Å². The molecule has 1 atom stereocenters. The first-order chi connectivity index (χ1) is 15.3. The van der Waals surface area contributed by atoms with E-state index in [9.17, 15) is 13.2 Å². The van der Waals surface area contributed by atoms with Gasteiger partial charge in [0.25, 0.3) is 15.9 Å². The molecule has 0 unspecified atom stereocenters. The summed E-state index contributed by atoms with van der Waals surface area (Å²) in [7, 11) is -3.67. The topological polar surface area (TPSA) is 88.4 Å². The van der Waals surface area contributed by atoms with Crippen LogP contribution in [0.1, 0.15) is 31.1 Å². The third kappa shape index (κ3) is 4.62. The second kappa shape index (κ2) is 9.13. The second-order valence-electron chi connectivity index (χ2n) is 8.42. The highest BCUT2D eigenvalue weighted by Crippen LogP contribution is 2.32. The van der Waals surface area contributed by atoms with E-state index in [2.05, 4.69) is 24.2 Å². The molecule has 0 radical (unpaired) electrons. The molecule has 2 aromatic heterocycles. The summed E-state index contributed by atoms with van der Waals surface area (Å²) in [4.78, 5) is 15.2. The molecular weight excluding hydrogens is 446 g/mol. The summed E-state index contributed by atoms with van der Waals surface area (Å²) in [5.41, 5.74) is 1.29. The fourth-order valence-electron chi connectivity index (χ4n) is 3.83. The summed E-state index contributed by atoms with van der Waals surface area (Å²) < 4.78 is 30.2. The van der Waals surface area contributed by atoms with E-state index in [-0.39, 0.29) is 22.7 Å². The number of piperazine rings is 1. The van der Waals surface area contributed by atoms with Crippen molar-refractivity contribution in [1.82, 2.24) is 24.2 Å². The van der Waals surface area contributed by atoms with Crippen LogP contribution in [0.5, 0.6) is 0 Å². The molecule has 1 amide bonds. The lowest BCUT2D eigenvalue weighted by atomic mass is 10.1. The fraction of sp³-hybridized carbons (Fsp3) is 0.409. The van der Waals surface area contributed by atoms with Gasteiger partial charge < -0.3 is 4.90 Å². The monoisotopic (exact) mass is 473 g/mol. The van der Waals surface area contributed by atoms with Gasteiger partial charge in [-0.25, -0.2) is 8.42 Å². The predicted octanol–water partition coefficient (Wildman–Crippen LogP) is 3.20. The number of nitrogens with zero attached hydrogens (tertiary/aromatic N) is 5. The van der Waals surface area contributed by atoms with Crippen LogP contribution < -0.4 is 0 Å². The Labute approximate surface area is 192 Å². The molecular formula is C22H27N5O3S2. The van der Waals surface area contributed by atoms with Gasteiger partial charge in [-0.2, -0.15) is 4.31 Å². The number of benzene rings is 1. The number of carbonyl (C=O) groups excluding carboxylic acids is 1. The maximum atomic E-state index is 13.3. The summed E-state index contributed by atoms with van der Waals surface area (Å²) in [6.45, 7) is 7.78. The minimum Gasteiger partial charge on any atom is -0.336 e. The number of sulfonamides is 1. The average molecular weight is 474 g/mol. The van der Waals surface area contributed by atoms with Gasteiger partial charge in [-0.05, 0) is 37.1 Å². The lowest BCUT2D eigenvalue weighted by Crippen LogP contribution is -2.55. The van der Waals surface area contributed by atoms with E-state index in [0.717, 1.165) is 11.4 Å². The summed E-state index contributed by atoms with van der Waals surface area (Å²) in [6, 6.07) is 12.2. The molecule has 4 rings (SSSR count). The van der Waals surface area contributed by atoms with Crippen molar-refractivity contribution in [2.24, 2.45) is 5.92 Å².